The quantitative estimate of drug-likeness (QED) is 0.629. The first-order valence-corrected chi connectivity index (χ1v) is 7.51. The molecule has 114 valence electrons. The molecule has 1 unspecified atom stereocenters. The lowest BCUT2D eigenvalue weighted by molar-refractivity contribution is -0.387. The van der Waals surface area contributed by atoms with Gasteiger partial charge in [0.05, 0.1) is 17.4 Å². The lowest BCUT2D eigenvalue weighted by Crippen LogP contribution is -2.35. The van der Waals surface area contributed by atoms with E-state index in [0.29, 0.717) is 5.69 Å². The highest BCUT2D eigenvalue weighted by Crippen LogP contribution is 2.30. The molecule has 0 saturated carbocycles. The van der Waals surface area contributed by atoms with Crippen LogP contribution in [0.5, 0.6) is 0 Å². The zero-order chi connectivity index (χ0) is 16.2. The van der Waals surface area contributed by atoms with Gasteiger partial charge in [-0.05, 0) is 19.1 Å². The van der Waals surface area contributed by atoms with Crippen LogP contribution in [0.3, 0.4) is 0 Å². The summed E-state index contributed by atoms with van der Waals surface area (Å²) in [4.78, 5) is 9.90. The summed E-state index contributed by atoms with van der Waals surface area (Å²) in [5.41, 5.74) is -0.0504. The van der Waals surface area contributed by atoms with Gasteiger partial charge in [-0.2, -0.15) is 9.57 Å². The average molecular weight is 312 g/mol. The van der Waals surface area contributed by atoms with Crippen molar-refractivity contribution in [3.05, 3.63) is 28.3 Å². The second kappa shape index (κ2) is 6.51. The SMILES string of the molecule is CNc1ccc([N+](=O)[O-])c(S(=O)(=O)N(C)C(C)CC#N)c1. The number of nitrogens with zero attached hydrogens (tertiary/aromatic N) is 3. The summed E-state index contributed by atoms with van der Waals surface area (Å²) in [5.74, 6) is 0. The van der Waals surface area contributed by atoms with Gasteiger partial charge in [-0.3, -0.25) is 10.1 Å². The third kappa shape index (κ3) is 3.48. The number of nitrogens with one attached hydrogen (secondary N) is 1. The molecule has 0 aliphatic heterocycles. The van der Waals surface area contributed by atoms with Crippen molar-refractivity contribution in [2.24, 2.45) is 0 Å². The highest BCUT2D eigenvalue weighted by molar-refractivity contribution is 7.89. The van der Waals surface area contributed by atoms with Crippen molar-refractivity contribution in [3.63, 3.8) is 0 Å². The van der Waals surface area contributed by atoms with E-state index in [1.165, 1.54) is 19.2 Å². The Labute approximate surface area is 123 Å². The van der Waals surface area contributed by atoms with Crippen molar-refractivity contribution in [1.82, 2.24) is 4.31 Å². The molecule has 0 heterocycles. The Hall–Kier alpha value is -2.18. The molecule has 0 bridgehead atoms. The van der Waals surface area contributed by atoms with Crippen LogP contribution in [-0.2, 0) is 10.0 Å². The summed E-state index contributed by atoms with van der Waals surface area (Å²) in [6.45, 7) is 1.56. The summed E-state index contributed by atoms with van der Waals surface area (Å²) in [6, 6.07) is 5.07. The van der Waals surface area contributed by atoms with E-state index in [9.17, 15) is 18.5 Å². The molecule has 1 atom stereocenters. The fourth-order valence-electron chi connectivity index (χ4n) is 1.68. The predicted molar refractivity (Wildman–Crippen MR) is 77.3 cm³/mol. The summed E-state index contributed by atoms with van der Waals surface area (Å²) in [7, 11) is -1.19. The standard InChI is InChI=1S/C12H16N4O4S/c1-9(6-7-13)15(3)21(19,20)12-8-10(14-2)4-5-11(12)16(17)18/h4-5,8-9,14H,6H2,1-3H3. The molecule has 1 aromatic carbocycles. The molecular formula is C12H16N4O4S. The van der Waals surface area contributed by atoms with Gasteiger partial charge >= 0.3 is 0 Å². The van der Waals surface area contributed by atoms with Crippen LogP contribution in [0.25, 0.3) is 0 Å². The van der Waals surface area contributed by atoms with Gasteiger partial charge < -0.3 is 5.32 Å². The highest BCUT2D eigenvalue weighted by atomic mass is 32.2. The number of hydrogen-bond donors (Lipinski definition) is 1. The molecule has 9 heteroatoms. The number of sulfonamides is 1. The van der Waals surface area contributed by atoms with E-state index >= 15 is 0 Å². The topological polar surface area (TPSA) is 116 Å². The van der Waals surface area contributed by atoms with Gasteiger partial charge in [-0.15, -0.1) is 0 Å². The molecular weight excluding hydrogens is 296 g/mol. The van der Waals surface area contributed by atoms with Crippen molar-refractivity contribution in [3.8, 4) is 6.07 Å². The minimum atomic E-state index is -4.07. The third-order valence-electron chi connectivity index (χ3n) is 3.11. The predicted octanol–water partition coefficient (Wildman–Crippen LogP) is 1.56. The van der Waals surface area contributed by atoms with E-state index in [0.717, 1.165) is 10.4 Å². The lowest BCUT2D eigenvalue weighted by Gasteiger charge is -2.22. The van der Waals surface area contributed by atoms with E-state index in [-0.39, 0.29) is 6.42 Å². The first-order chi connectivity index (χ1) is 9.75. The van der Waals surface area contributed by atoms with E-state index in [1.807, 2.05) is 6.07 Å². The van der Waals surface area contributed by atoms with Crippen molar-refractivity contribution >= 4 is 21.4 Å². The Morgan fingerprint density at radius 2 is 2.14 bits per heavy atom. The van der Waals surface area contributed by atoms with Gasteiger partial charge in [0, 0.05) is 31.9 Å². The zero-order valence-electron chi connectivity index (χ0n) is 11.9. The number of nitriles is 1. The number of benzene rings is 1. The zero-order valence-corrected chi connectivity index (χ0v) is 12.7. The molecule has 0 radical (unpaired) electrons. The summed E-state index contributed by atoms with van der Waals surface area (Å²) in [6.07, 6.45) is -0.00472. The maximum atomic E-state index is 12.5. The van der Waals surface area contributed by atoms with Crippen molar-refractivity contribution < 1.29 is 13.3 Å². The number of hydrogen-bond acceptors (Lipinski definition) is 6. The monoisotopic (exact) mass is 312 g/mol. The van der Waals surface area contributed by atoms with Gasteiger partial charge in [0.25, 0.3) is 5.69 Å². The molecule has 0 amide bonds. The van der Waals surface area contributed by atoms with Crippen LogP contribution in [0.4, 0.5) is 11.4 Å². The minimum Gasteiger partial charge on any atom is -0.388 e. The Bertz CT molecular complexity index is 681. The molecule has 1 N–H and O–H groups in total. The molecule has 0 aromatic heterocycles. The van der Waals surface area contributed by atoms with Crippen LogP contribution in [0.15, 0.2) is 23.1 Å². The Morgan fingerprint density at radius 3 is 2.62 bits per heavy atom. The number of nitro benzene ring substituents is 1. The Balaban J connectivity index is 3.42. The second-order valence-electron chi connectivity index (χ2n) is 4.42. The van der Waals surface area contributed by atoms with Crippen molar-refractivity contribution in [1.29, 1.82) is 5.26 Å². The normalized spacial score (nSPS) is 12.7. The van der Waals surface area contributed by atoms with Gasteiger partial charge in [0.15, 0.2) is 4.90 Å². The first-order valence-electron chi connectivity index (χ1n) is 6.06. The maximum absolute atomic E-state index is 12.5. The molecule has 0 saturated heterocycles. The molecule has 0 aliphatic carbocycles. The van der Waals surface area contributed by atoms with Crippen LogP contribution in [0.1, 0.15) is 13.3 Å². The average Bonchev–Trinajstić information content (AvgIpc) is 2.45. The second-order valence-corrected chi connectivity index (χ2v) is 6.39. The van der Waals surface area contributed by atoms with E-state index in [1.54, 1.807) is 14.0 Å². The fraction of sp³-hybridized carbons (Fsp3) is 0.417. The Morgan fingerprint density at radius 1 is 1.52 bits per heavy atom. The summed E-state index contributed by atoms with van der Waals surface area (Å²) in [5, 5.41) is 22.4. The van der Waals surface area contributed by atoms with E-state index in [2.05, 4.69) is 5.32 Å². The van der Waals surface area contributed by atoms with Crippen LogP contribution in [-0.4, -0.2) is 37.8 Å². The molecule has 0 fully saturated rings. The van der Waals surface area contributed by atoms with Crippen LogP contribution in [0, 0.1) is 21.4 Å². The van der Waals surface area contributed by atoms with Gasteiger partial charge in [-0.25, -0.2) is 8.42 Å². The smallest absolute Gasteiger partial charge is 0.289 e. The lowest BCUT2D eigenvalue weighted by atomic mass is 10.3. The van der Waals surface area contributed by atoms with Crippen molar-refractivity contribution in [2.45, 2.75) is 24.3 Å². The maximum Gasteiger partial charge on any atom is 0.289 e. The van der Waals surface area contributed by atoms with Crippen LogP contribution >= 0.6 is 0 Å². The summed E-state index contributed by atoms with van der Waals surface area (Å²) < 4.78 is 26.0. The van der Waals surface area contributed by atoms with E-state index in [4.69, 9.17) is 5.26 Å². The molecule has 1 aromatic rings. The first kappa shape index (κ1) is 16.9. The molecule has 0 aliphatic rings. The largest absolute Gasteiger partial charge is 0.388 e. The molecule has 21 heavy (non-hydrogen) atoms. The fourth-order valence-corrected chi connectivity index (χ4v) is 3.22. The number of nitro groups is 1. The molecule has 1 rings (SSSR count). The van der Waals surface area contributed by atoms with Gasteiger partial charge in [-0.1, -0.05) is 0 Å². The molecule has 8 nitrogen and oxygen atoms in total. The third-order valence-corrected chi connectivity index (χ3v) is 5.11. The highest BCUT2D eigenvalue weighted by Gasteiger charge is 2.32. The summed E-state index contributed by atoms with van der Waals surface area (Å²) >= 11 is 0. The van der Waals surface area contributed by atoms with Crippen LogP contribution in [0.2, 0.25) is 0 Å². The Kier molecular flexibility index (Phi) is 5.23. The molecule has 0 spiro atoms. The van der Waals surface area contributed by atoms with Crippen LogP contribution < -0.4 is 5.32 Å². The number of rotatable bonds is 6. The van der Waals surface area contributed by atoms with Gasteiger partial charge in [0.2, 0.25) is 10.0 Å². The van der Waals surface area contributed by atoms with Gasteiger partial charge in [0.1, 0.15) is 0 Å². The van der Waals surface area contributed by atoms with Crippen molar-refractivity contribution in [2.75, 3.05) is 19.4 Å². The minimum absolute atomic E-state index is 0.00472. The number of anilines is 1. The van der Waals surface area contributed by atoms with E-state index < -0.39 is 31.6 Å².